The predicted molar refractivity (Wildman–Crippen MR) is 144 cm³/mol. The fourth-order valence-electron chi connectivity index (χ4n) is 4.91. The zero-order valence-corrected chi connectivity index (χ0v) is 22.7. The minimum atomic E-state index is -3.74. The third kappa shape index (κ3) is 7.32. The van der Waals surface area contributed by atoms with E-state index in [2.05, 4.69) is 5.32 Å². The summed E-state index contributed by atoms with van der Waals surface area (Å²) >= 11 is 0. The van der Waals surface area contributed by atoms with Gasteiger partial charge in [-0.05, 0) is 50.3 Å². The molecule has 196 valence electrons. The number of benzene rings is 2. The summed E-state index contributed by atoms with van der Waals surface area (Å²) in [4.78, 5) is 28.8. The molecule has 1 aliphatic carbocycles. The lowest BCUT2D eigenvalue weighted by Crippen LogP contribution is -2.54. The maximum atomic E-state index is 13.8. The number of sulfonamides is 1. The molecular formula is C28H39N3O4S. The Labute approximate surface area is 215 Å². The van der Waals surface area contributed by atoms with Gasteiger partial charge in [0.25, 0.3) is 0 Å². The first-order valence-corrected chi connectivity index (χ1v) is 14.6. The Morgan fingerprint density at radius 3 is 2.33 bits per heavy atom. The Morgan fingerprint density at radius 1 is 1.03 bits per heavy atom. The van der Waals surface area contributed by atoms with Gasteiger partial charge >= 0.3 is 0 Å². The monoisotopic (exact) mass is 513 g/mol. The highest BCUT2D eigenvalue weighted by molar-refractivity contribution is 7.92. The Morgan fingerprint density at radius 2 is 1.72 bits per heavy atom. The van der Waals surface area contributed by atoms with Crippen molar-refractivity contribution in [3.8, 4) is 0 Å². The number of anilines is 1. The normalized spacial score (nSPS) is 15.2. The summed E-state index contributed by atoms with van der Waals surface area (Å²) in [6, 6.07) is 14.3. The molecule has 36 heavy (non-hydrogen) atoms. The van der Waals surface area contributed by atoms with Crippen LogP contribution in [-0.4, -0.2) is 50.0 Å². The maximum absolute atomic E-state index is 13.8. The second-order valence-corrected chi connectivity index (χ2v) is 11.7. The predicted octanol–water partition coefficient (Wildman–Crippen LogP) is 4.33. The van der Waals surface area contributed by atoms with E-state index < -0.39 is 22.0 Å². The minimum Gasteiger partial charge on any atom is -0.352 e. The van der Waals surface area contributed by atoms with Gasteiger partial charge in [0.05, 0.1) is 11.9 Å². The summed E-state index contributed by atoms with van der Waals surface area (Å²) in [6.45, 7) is 5.53. The van der Waals surface area contributed by atoms with Crippen LogP contribution >= 0.6 is 0 Å². The molecule has 0 radical (unpaired) electrons. The molecule has 1 atom stereocenters. The largest absolute Gasteiger partial charge is 0.352 e. The van der Waals surface area contributed by atoms with Crippen LogP contribution in [0.2, 0.25) is 0 Å². The van der Waals surface area contributed by atoms with Gasteiger partial charge in [0.15, 0.2) is 0 Å². The quantitative estimate of drug-likeness (QED) is 0.512. The van der Waals surface area contributed by atoms with Gasteiger partial charge < -0.3 is 10.2 Å². The Balaban J connectivity index is 1.92. The number of carbonyl (C=O) groups excluding carboxylic acids is 2. The summed E-state index contributed by atoms with van der Waals surface area (Å²) in [5, 5.41) is 3.16. The lowest BCUT2D eigenvalue weighted by atomic mass is 9.95. The second kappa shape index (κ2) is 12.4. The van der Waals surface area contributed by atoms with E-state index in [1.807, 2.05) is 57.2 Å². The number of nitrogens with one attached hydrogen (secondary N) is 1. The zero-order chi connectivity index (χ0) is 26.3. The topological polar surface area (TPSA) is 86.8 Å². The summed E-state index contributed by atoms with van der Waals surface area (Å²) < 4.78 is 26.7. The number of amides is 2. The average Bonchev–Trinajstić information content (AvgIpc) is 2.83. The highest BCUT2D eigenvalue weighted by Gasteiger charge is 2.33. The van der Waals surface area contributed by atoms with Gasteiger partial charge in [0, 0.05) is 12.6 Å². The molecule has 8 heteroatoms. The fraction of sp³-hybridized carbons (Fsp3) is 0.500. The third-order valence-corrected chi connectivity index (χ3v) is 7.96. The van der Waals surface area contributed by atoms with Gasteiger partial charge in [-0.3, -0.25) is 13.9 Å². The van der Waals surface area contributed by atoms with E-state index in [1.54, 1.807) is 17.0 Å². The highest BCUT2D eigenvalue weighted by atomic mass is 32.2. The molecular weight excluding hydrogens is 474 g/mol. The van der Waals surface area contributed by atoms with Crippen LogP contribution in [0.4, 0.5) is 5.69 Å². The van der Waals surface area contributed by atoms with Gasteiger partial charge in [-0.1, -0.05) is 74.2 Å². The lowest BCUT2D eigenvalue weighted by Gasteiger charge is -2.34. The number of rotatable bonds is 10. The molecule has 1 fully saturated rings. The molecule has 0 unspecified atom stereocenters. The van der Waals surface area contributed by atoms with Gasteiger partial charge in [0.1, 0.15) is 12.6 Å². The number of hydrogen-bond donors (Lipinski definition) is 1. The van der Waals surface area contributed by atoms with Crippen LogP contribution in [0.1, 0.15) is 62.1 Å². The molecule has 2 aromatic carbocycles. The number of nitrogens with zero attached hydrogens (tertiary/aromatic N) is 2. The number of aryl methyl sites for hydroxylation is 2. The standard InChI is InChI=1S/C28H39N3O4S/c1-5-25(28(33)29-24-15-7-6-8-16-24)30(19-23-14-11-12-21(2)18-23)27(32)20-31(36(4,34)35)26-17-10-9-13-22(26)3/h9-14,17-18,24-25H,5-8,15-16,19-20H2,1-4H3,(H,29,33)/t25-/m1/s1. The fourth-order valence-corrected chi connectivity index (χ4v) is 5.82. The van der Waals surface area contributed by atoms with E-state index in [9.17, 15) is 18.0 Å². The third-order valence-electron chi connectivity index (χ3n) is 6.84. The Hall–Kier alpha value is -2.87. The summed E-state index contributed by atoms with van der Waals surface area (Å²) in [6.07, 6.45) is 6.79. The Kier molecular flexibility index (Phi) is 9.54. The molecule has 0 aromatic heterocycles. The average molecular weight is 514 g/mol. The van der Waals surface area contributed by atoms with Crippen LogP contribution in [0, 0.1) is 13.8 Å². The molecule has 1 N–H and O–H groups in total. The minimum absolute atomic E-state index is 0.121. The van der Waals surface area contributed by atoms with E-state index in [0.29, 0.717) is 12.1 Å². The van der Waals surface area contributed by atoms with Gasteiger partial charge in [-0.25, -0.2) is 8.42 Å². The second-order valence-electron chi connectivity index (χ2n) is 9.83. The molecule has 0 spiro atoms. The first-order valence-electron chi connectivity index (χ1n) is 12.8. The van der Waals surface area contributed by atoms with Crippen molar-refractivity contribution < 1.29 is 18.0 Å². The van der Waals surface area contributed by atoms with Crippen molar-refractivity contribution in [2.75, 3.05) is 17.1 Å². The molecule has 7 nitrogen and oxygen atoms in total. The molecule has 1 saturated carbocycles. The van der Waals surface area contributed by atoms with Crippen molar-refractivity contribution in [1.29, 1.82) is 0 Å². The lowest BCUT2D eigenvalue weighted by molar-refractivity contribution is -0.140. The van der Waals surface area contributed by atoms with Crippen LogP contribution in [-0.2, 0) is 26.2 Å². The van der Waals surface area contributed by atoms with Gasteiger partial charge in [-0.2, -0.15) is 0 Å². The highest BCUT2D eigenvalue weighted by Crippen LogP contribution is 2.24. The molecule has 0 aliphatic heterocycles. The number of carbonyl (C=O) groups is 2. The van der Waals surface area contributed by atoms with Crippen molar-refractivity contribution >= 4 is 27.5 Å². The smallest absolute Gasteiger partial charge is 0.244 e. The first-order chi connectivity index (χ1) is 17.1. The zero-order valence-electron chi connectivity index (χ0n) is 21.9. The molecule has 2 amide bonds. The molecule has 1 aliphatic rings. The van der Waals surface area contributed by atoms with Gasteiger partial charge in [0.2, 0.25) is 21.8 Å². The van der Waals surface area contributed by atoms with Crippen LogP contribution in [0.15, 0.2) is 48.5 Å². The van der Waals surface area contributed by atoms with Crippen LogP contribution in [0.5, 0.6) is 0 Å². The van der Waals surface area contributed by atoms with Crippen molar-refractivity contribution in [3.05, 3.63) is 65.2 Å². The van der Waals surface area contributed by atoms with Gasteiger partial charge in [-0.15, -0.1) is 0 Å². The first kappa shape index (κ1) is 27.7. The van der Waals surface area contributed by atoms with E-state index in [0.717, 1.165) is 52.9 Å². The van der Waals surface area contributed by atoms with Crippen molar-refractivity contribution in [3.63, 3.8) is 0 Å². The van der Waals surface area contributed by atoms with Crippen molar-refractivity contribution in [1.82, 2.24) is 10.2 Å². The maximum Gasteiger partial charge on any atom is 0.244 e. The van der Waals surface area contributed by atoms with E-state index in [-0.39, 0.29) is 25.0 Å². The molecule has 0 saturated heterocycles. The van der Waals surface area contributed by atoms with Crippen molar-refractivity contribution in [2.45, 2.75) is 77.9 Å². The number of para-hydroxylation sites is 1. The summed E-state index contributed by atoms with van der Waals surface area (Å²) in [5.41, 5.74) is 3.16. The summed E-state index contributed by atoms with van der Waals surface area (Å²) in [7, 11) is -3.74. The number of hydrogen-bond acceptors (Lipinski definition) is 4. The van der Waals surface area contributed by atoms with Crippen LogP contribution in [0.3, 0.4) is 0 Å². The van der Waals surface area contributed by atoms with Crippen LogP contribution in [0.25, 0.3) is 0 Å². The Bertz CT molecular complexity index is 1160. The summed E-state index contributed by atoms with van der Waals surface area (Å²) in [5.74, 6) is -0.581. The van der Waals surface area contributed by atoms with Crippen LogP contribution < -0.4 is 9.62 Å². The molecule has 0 heterocycles. The SMILES string of the molecule is CC[C@H](C(=O)NC1CCCCC1)N(Cc1cccc(C)c1)C(=O)CN(c1ccccc1C)S(C)(=O)=O. The van der Waals surface area contributed by atoms with E-state index in [4.69, 9.17) is 0 Å². The molecule has 0 bridgehead atoms. The van der Waals surface area contributed by atoms with E-state index in [1.165, 1.54) is 6.42 Å². The van der Waals surface area contributed by atoms with E-state index >= 15 is 0 Å². The molecule has 2 aromatic rings. The molecule has 3 rings (SSSR count). The van der Waals surface area contributed by atoms with Crippen molar-refractivity contribution in [2.24, 2.45) is 0 Å².